The number of nitrogens with zero attached hydrogens (tertiary/aromatic N) is 4. The molecular formula is C21H22F4N4O4. The molecule has 4 rings (SSSR count). The van der Waals surface area contributed by atoms with E-state index in [1.807, 2.05) is 0 Å². The number of amides is 2. The molecule has 0 spiro atoms. The Balaban J connectivity index is 1.63. The van der Waals surface area contributed by atoms with Gasteiger partial charge in [-0.05, 0) is 25.5 Å². The van der Waals surface area contributed by atoms with Crippen LogP contribution in [0.25, 0.3) is 11.4 Å². The molecule has 1 unspecified atom stereocenters. The highest BCUT2D eigenvalue weighted by Gasteiger charge is 2.44. The second kappa shape index (κ2) is 7.99. The summed E-state index contributed by atoms with van der Waals surface area (Å²) in [4.78, 5) is 32.0. The van der Waals surface area contributed by atoms with Crippen molar-refractivity contribution in [2.75, 3.05) is 20.2 Å². The molecule has 1 aromatic heterocycles. The average Bonchev–Trinajstić information content (AvgIpc) is 3.18. The Hall–Kier alpha value is -3.18. The number of benzene rings is 1. The zero-order valence-corrected chi connectivity index (χ0v) is 18.2. The summed E-state index contributed by atoms with van der Waals surface area (Å²) in [6.45, 7) is 3.84. The number of aromatic nitrogens is 2. The van der Waals surface area contributed by atoms with E-state index < -0.39 is 35.2 Å². The van der Waals surface area contributed by atoms with Gasteiger partial charge >= 0.3 is 12.1 Å². The first-order chi connectivity index (χ1) is 15.4. The Morgan fingerprint density at radius 1 is 1.30 bits per heavy atom. The van der Waals surface area contributed by atoms with Gasteiger partial charge in [0.1, 0.15) is 18.2 Å². The first-order valence-electron chi connectivity index (χ1n) is 10.3. The van der Waals surface area contributed by atoms with E-state index in [0.29, 0.717) is 13.0 Å². The summed E-state index contributed by atoms with van der Waals surface area (Å²) in [6, 6.07) is 1.87. The van der Waals surface area contributed by atoms with Crippen LogP contribution in [0, 0.1) is 11.2 Å². The fraction of sp³-hybridized carbons (Fsp3) is 0.524. The number of alkyl halides is 3. The lowest BCUT2D eigenvalue weighted by Gasteiger charge is -2.40. The molecule has 33 heavy (non-hydrogen) atoms. The average molecular weight is 470 g/mol. The fourth-order valence-electron chi connectivity index (χ4n) is 4.00. The van der Waals surface area contributed by atoms with Gasteiger partial charge in [0.25, 0.3) is 0 Å². The summed E-state index contributed by atoms with van der Waals surface area (Å²) in [6.07, 6.45) is -4.29. The monoisotopic (exact) mass is 470 g/mol. The third-order valence-corrected chi connectivity index (χ3v) is 6.17. The highest BCUT2D eigenvalue weighted by atomic mass is 19.4. The Kier molecular flexibility index (Phi) is 5.57. The summed E-state index contributed by atoms with van der Waals surface area (Å²) in [5.74, 6) is -3.09. The molecule has 2 aliphatic rings. The number of carbonyl (C=O) groups is 2. The molecule has 2 amide bonds. The number of piperidine rings is 1. The van der Waals surface area contributed by atoms with E-state index in [4.69, 9.17) is 4.74 Å². The standard InChI is InChI=1S/C21H22F4N4O4/c1-11-10-32-15-7-12(17-26-18(33-27-17)21(23,24)25)6-14(22)13(15)9-29(11)19(31)20(2)4-5-28(3)16(30)8-20/h6-7,11H,4-5,8-10H2,1-3H3/t11-,20?/m0/s1. The first-order valence-corrected chi connectivity index (χ1v) is 10.3. The molecule has 0 N–H and O–H groups in total. The van der Waals surface area contributed by atoms with Crippen LogP contribution in [0.1, 0.15) is 38.1 Å². The van der Waals surface area contributed by atoms with Gasteiger partial charge in [-0.1, -0.05) is 12.1 Å². The van der Waals surface area contributed by atoms with Crippen LogP contribution in [-0.2, 0) is 22.3 Å². The molecule has 1 saturated heterocycles. The van der Waals surface area contributed by atoms with Gasteiger partial charge in [0.05, 0.1) is 18.0 Å². The van der Waals surface area contributed by atoms with Gasteiger partial charge in [0.15, 0.2) is 0 Å². The molecule has 2 aliphatic heterocycles. The molecule has 3 heterocycles. The lowest BCUT2D eigenvalue weighted by Crippen LogP contribution is -2.52. The molecule has 1 aromatic carbocycles. The number of rotatable bonds is 2. The molecule has 0 radical (unpaired) electrons. The molecule has 178 valence electrons. The van der Waals surface area contributed by atoms with Crippen molar-refractivity contribution in [3.63, 3.8) is 0 Å². The molecule has 2 atom stereocenters. The first kappa shape index (κ1) is 23.0. The predicted molar refractivity (Wildman–Crippen MR) is 105 cm³/mol. The minimum Gasteiger partial charge on any atom is -0.491 e. The van der Waals surface area contributed by atoms with Crippen LogP contribution in [0.5, 0.6) is 5.75 Å². The number of ether oxygens (including phenoxy) is 1. The zero-order chi connectivity index (χ0) is 24.1. The normalized spacial score (nSPS) is 23.7. The molecule has 0 aliphatic carbocycles. The summed E-state index contributed by atoms with van der Waals surface area (Å²) < 4.78 is 63.3. The number of carbonyl (C=O) groups excluding carboxylic acids is 2. The predicted octanol–water partition coefficient (Wildman–Crippen LogP) is 3.26. The third-order valence-electron chi connectivity index (χ3n) is 6.17. The van der Waals surface area contributed by atoms with E-state index in [9.17, 15) is 22.8 Å². The van der Waals surface area contributed by atoms with Gasteiger partial charge in [-0.15, -0.1) is 0 Å². The van der Waals surface area contributed by atoms with Crippen LogP contribution < -0.4 is 4.74 Å². The Morgan fingerprint density at radius 2 is 2.03 bits per heavy atom. The lowest BCUT2D eigenvalue weighted by atomic mass is 9.78. The van der Waals surface area contributed by atoms with Gasteiger partial charge in [-0.25, -0.2) is 4.39 Å². The summed E-state index contributed by atoms with van der Waals surface area (Å²) in [5, 5.41) is 3.28. The molecule has 1 fully saturated rings. The van der Waals surface area contributed by atoms with Crippen molar-refractivity contribution in [2.45, 2.75) is 45.5 Å². The summed E-state index contributed by atoms with van der Waals surface area (Å²) >= 11 is 0. The molecule has 8 nitrogen and oxygen atoms in total. The van der Waals surface area contributed by atoms with Crippen molar-refractivity contribution in [2.24, 2.45) is 5.41 Å². The van der Waals surface area contributed by atoms with Crippen LogP contribution in [0.15, 0.2) is 16.7 Å². The summed E-state index contributed by atoms with van der Waals surface area (Å²) in [5.41, 5.74) is -0.887. The Labute approximate surface area is 186 Å². The minimum atomic E-state index is -4.83. The zero-order valence-electron chi connectivity index (χ0n) is 18.2. The van der Waals surface area contributed by atoms with Crippen LogP contribution in [-0.4, -0.2) is 58.0 Å². The van der Waals surface area contributed by atoms with Gasteiger partial charge < -0.3 is 19.1 Å². The van der Waals surface area contributed by atoms with Crippen LogP contribution in [0.3, 0.4) is 0 Å². The Morgan fingerprint density at radius 3 is 2.67 bits per heavy atom. The SMILES string of the molecule is C[C@H]1COc2cc(-c3noc(C(F)(F)F)n3)cc(F)c2CN1C(=O)C1(C)CCN(C)C(=O)C1. The van der Waals surface area contributed by atoms with E-state index in [-0.39, 0.29) is 48.3 Å². The Bertz CT molecular complexity index is 1100. The second-order valence-electron chi connectivity index (χ2n) is 8.75. The third kappa shape index (κ3) is 4.25. The van der Waals surface area contributed by atoms with Gasteiger partial charge in [-0.3, -0.25) is 9.59 Å². The summed E-state index contributed by atoms with van der Waals surface area (Å²) in [7, 11) is 1.68. The maximum Gasteiger partial charge on any atom is 0.471 e. The highest BCUT2D eigenvalue weighted by molar-refractivity contribution is 5.90. The van der Waals surface area contributed by atoms with E-state index in [0.717, 1.165) is 6.07 Å². The van der Waals surface area contributed by atoms with Crippen LogP contribution in [0.4, 0.5) is 17.6 Å². The van der Waals surface area contributed by atoms with E-state index in [2.05, 4.69) is 14.7 Å². The quantitative estimate of drug-likeness (QED) is 0.626. The van der Waals surface area contributed by atoms with E-state index in [1.165, 1.54) is 11.0 Å². The van der Waals surface area contributed by atoms with Crippen LogP contribution in [0.2, 0.25) is 0 Å². The van der Waals surface area contributed by atoms with Crippen molar-refractivity contribution in [1.82, 2.24) is 19.9 Å². The minimum absolute atomic E-state index is 0.0333. The van der Waals surface area contributed by atoms with Crippen molar-refractivity contribution in [3.8, 4) is 17.1 Å². The topological polar surface area (TPSA) is 88.8 Å². The number of hydrogen-bond acceptors (Lipinski definition) is 6. The number of likely N-dealkylation sites (tertiary alicyclic amines) is 1. The fourth-order valence-corrected chi connectivity index (χ4v) is 4.00. The van der Waals surface area contributed by atoms with E-state index >= 15 is 4.39 Å². The molecular weight excluding hydrogens is 448 g/mol. The lowest BCUT2D eigenvalue weighted by molar-refractivity contribution is -0.159. The van der Waals surface area contributed by atoms with Crippen molar-refractivity contribution >= 4 is 11.8 Å². The maximum atomic E-state index is 15.1. The maximum absolute atomic E-state index is 15.1. The van der Waals surface area contributed by atoms with Crippen molar-refractivity contribution < 1.29 is 36.4 Å². The largest absolute Gasteiger partial charge is 0.491 e. The van der Waals surface area contributed by atoms with Crippen molar-refractivity contribution in [1.29, 1.82) is 0 Å². The highest BCUT2D eigenvalue weighted by Crippen LogP contribution is 2.38. The van der Waals surface area contributed by atoms with Gasteiger partial charge in [0.2, 0.25) is 17.6 Å². The number of fused-ring (bicyclic) bond motifs is 1. The molecule has 2 aromatic rings. The van der Waals surface area contributed by atoms with Gasteiger partial charge in [-0.2, -0.15) is 18.2 Å². The van der Waals surface area contributed by atoms with E-state index in [1.54, 1.807) is 25.8 Å². The molecule has 0 saturated carbocycles. The van der Waals surface area contributed by atoms with Crippen molar-refractivity contribution in [3.05, 3.63) is 29.4 Å². The smallest absolute Gasteiger partial charge is 0.471 e. The van der Waals surface area contributed by atoms with Gasteiger partial charge in [0, 0.05) is 31.1 Å². The molecule has 12 heteroatoms. The molecule has 0 bridgehead atoms. The number of hydrogen-bond donors (Lipinski definition) is 0. The van der Waals surface area contributed by atoms with Crippen LogP contribution >= 0.6 is 0 Å². The number of halogens is 4. The second-order valence-corrected chi connectivity index (χ2v) is 8.75.